The first kappa shape index (κ1) is 26.9. The van der Waals surface area contributed by atoms with Crippen LogP contribution in [0.3, 0.4) is 0 Å². The number of carbonyl (C=O) groups excluding carboxylic acids is 2. The Bertz CT molecular complexity index is 1510. The van der Waals surface area contributed by atoms with Crippen molar-refractivity contribution < 1.29 is 19.1 Å². The highest BCUT2D eigenvalue weighted by Gasteiger charge is 2.41. The van der Waals surface area contributed by atoms with Gasteiger partial charge in [-0.25, -0.2) is 4.79 Å². The maximum Gasteiger partial charge on any atom is 0.337 e. The Balaban J connectivity index is 1.43. The van der Waals surface area contributed by atoms with Crippen LogP contribution in [0.25, 0.3) is 5.69 Å². The second-order valence-electron chi connectivity index (χ2n) is 9.16. The maximum absolute atomic E-state index is 13.0. The molecule has 10 heteroatoms. The lowest BCUT2D eigenvalue weighted by molar-refractivity contribution is -0.116. The molecule has 9 nitrogen and oxygen atoms in total. The fourth-order valence-electron chi connectivity index (χ4n) is 4.90. The van der Waals surface area contributed by atoms with Crippen LogP contribution in [0.2, 0.25) is 0 Å². The van der Waals surface area contributed by atoms with Gasteiger partial charge in [0.05, 0.1) is 43.2 Å². The van der Waals surface area contributed by atoms with E-state index in [4.69, 9.17) is 21.7 Å². The minimum absolute atomic E-state index is 0.152. The molecular weight excluding hydrogens is 526 g/mol. The topological polar surface area (TPSA) is 97.7 Å². The molecule has 2 aromatic carbocycles. The van der Waals surface area contributed by atoms with E-state index in [2.05, 4.69) is 20.2 Å². The van der Waals surface area contributed by atoms with E-state index in [0.29, 0.717) is 28.7 Å². The summed E-state index contributed by atoms with van der Waals surface area (Å²) >= 11 is 5.78. The van der Waals surface area contributed by atoms with Crippen molar-refractivity contribution in [3.63, 3.8) is 0 Å². The zero-order valence-electron chi connectivity index (χ0n) is 22.1. The smallest absolute Gasteiger partial charge is 0.337 e. The molecule has 2 aromatic heterocycles. The van der Waals surface area contributed by atoms with Crippen LogP contribution in [0.5, 0.6) is 5.75 Å². The van der Waals surface area contributed by atoms with Crippen LogP contribution >= 0.6 is 12.2 Å². The van der Waals surface area contributed by atoms with Crippen LogP contribution in [-0.4, -0.2) is 52.2 Å². The van der Waals surface area contributed by atoms with Crippen molar-refractivity contribution in [2.24, 2.45) is 0 Å². The molecule has 0 bridgehead atoms. The molecule has 2 unspecified atom stereocenters. The van der Waals surface area contributed by atoms with Crippen molar-refractivity contribution in [2.45, 2.75) is 18.5 Å². The summed E-state index contributed by atoms with van der Waals surface area (Å²) in [4.78, 5) is 31.5. The Morgan fingerprint density at radius 1 is 1.00 bits per heavy atom. The molecule has 0 spiro atoms. The highest BCUT2D eigenvalue weighted by Crippen LogP contribution is 2.39. The highest BCUT2D eigenvalue weighted by molar-refractivity contribution is 7.80. The summed E-state index contributed by atoms with van der Waals surface area (Å²) in [6.45, 7) is 0.382. The van der Waals surface area contributed by atoms with Crippen LogP contribution in [0.15, 0.2) is 91.3 Å². The second-order valence-corrected chi connectivity index (χ2v) is 9.55. The molecule has 1 fully saturated rings. The van der Waals surface area contributed by atoms with Gasteiger partial charge in [0.1, 0.15) is 5.75 Å². The van der Waals surface area contributed by atoms with E-state index in [1.54, 1.807) is 37.6 Å². The predicted molar refractivity (Wildman–Crippen MR) is 156 cm³/mol. The van der Waals surface area contributed by atoms with E-state index in [-0.39, 0.29) is 24.4 Å². The monoisotopic (exact) mass is 555 g/mol. The number of aromatic nitrogens is 2. The summed E-state index contributed by atoms with van der Waals surface area (Å²) in [5.74, 6) is 0.0527. The third kappa shape index (κ3) is 5.52. The lowest BCUT2D eigenvalue weighted by Crippen LogP contribution is -2.33. The van der Waals surface area contributed by atoms with Gasteiger partial charge in [-0.2, -0.15) is 0 Å². The van der Waals surface area contributed by atoms with E-state index >= 15 is 0 Å². The Labute approximate surface area is 237 Å². The lowest BCUT2D eigenvalue weighted by Gasteiger charge is -2.29. The number of nitrogens with zero attached hydrogens (tertiary/aromatic N) is 3. The van der Waals surface area contributed by atoms with Gasteiger partial charge in [0.2, 0.25) is 5.91 Å². The van der Waals surface area contributed by atoms with E-state index in [1.165, 1.54) is 7.11 Å². The number of benzene rings is 2. The number of esters is 1. The minimum Gasteiger partial charge on any atom is -0.495 e. The van der Waals surface area contributed by atoms with Crippen molar-refractivity contribution in [1.29, 1.82) is 0 Å². The van der Waals surface area contributed by atoms with Crippen molar-refractivity contribution in [3.8, 4) is 11.4 Å². The first-order valence-electron chi connectivity index (χ1n) is 12.8. The zero-order chi connectivity index (χ0) is 28.1. The summed E-state index contributed by atoms with van der Waals surface area (Å²) in [7, 11) is 2.93. The Kier molecular flexibility index (Phi) is 8.07. The molecule has 204 valence electrons. The quantitative estimate of drug-likeness (QED) is 0.227. The van der Waals surface area contributed by atoms with Crippen molar-refractivity contribution >= 4 is 34.9 Å². The molecule has 5 rings (SSSR count). The number of hydrogen-bond acceptors (Lipinski definition) is 6. The zero-order valence-corrected chi connectivity index (χ0v) is 22.9. The van der Waals surface area contributed by atoms with E-state index in [0.717, 1.165) is 17.1 Å². The molecule has 2 N–H and O–H groups in total. The van der Waals surface area contributed by atoms with Crippen molar-refractivity contribution in [2.75, 3.05) is 26.1 Å². The number of pyridine rings is 1. The summed E-state index contributed by atoms with van der Waals surface area (Å²) in [6.07, 6.45) is 3.93. The standard InChI is InChI=1S/C30H29N5O4S/c1-38-25-11-4-3-8-22(25)32-26(36)16-19-35-28(27(33-30(35)40)23-9-5-6-17-31-23)24-10-7-18-34(24)21-14-12-20(13-15-21)29(37)39-2/h3-15,17-18,27-28H,16,19H2,1-2H3,(H,32,36)(H,33,40). The molecule has 1 aliphatic rings. The van der Waals surface area contributed by atoms with Crippen LogP contribution in [-0.2, 0) is 9.53 Å². The molecular formula is C30H29N5O4S. The summed E-state index contributed by atoms with van der Waals surface area (Å²) < 4.78 is 12.3. The largest absolute Gasteiger partial charge is 0.495 e. The summed E-state index contributed by atoms with van der Waals surface area (Å²) in [6, 6.07) is 23.8. The minimum atomic E-state index is -0.391. The normalized spacial score (nSPS) is 16.4. The van der Waals surface area contributed by atoms with Gasteiger partial charge in [0.25, 0.3) is 0 Å². The number of ether oxygens (including phenoxy) is 2. The Hall–Kier alpha value is -4.70. The van der Waals surface area contributed by atoms with Crippen LogP contribution in [0.4, 0.5) is 5.69 Å². The van der Waals surface area contributed by atoms with Crippen LogP contribution in [0.1, 0.15) is 40.3 Å². The van der Waals surface area contributed by atoms with Gasteiger partial charge in [0, 0.05) is 36.7 Å². The van der Waals surface area contributed by atoms with Gasteiger partial charge in [0.15, 0.2) is 5.11 Å². The number of para-hydroxylation sites is 2. The van der Waals surface area contributed by atoms with Gasteiger partial charge in [-0.3, -0.25) is 9.78 Å². The molecule has 1 aliphatic heterocycles. The Morgan fingerprint density at radius 3 is 2.50 bits per heavy atom. The van der Waals surface area contributed by atoms with E-state index in [1.807, 2.05) is 65.7 Å². The van der Waals surface area contributed by atoms with Gasteiger partial charge in [-0.05, 0) is 72.9 Å². The van der Waals surface area contributed by atoms with E-state index in [9.17, 15) is 9.59 Å². The van der Waals surface area contributed by atoms with Gasteiger partial charge < -0.3 is 29.6 Å². The number of amides is 1. The third-order valence-electron chi connectivity index (χ3n) is 6.81. The number of anilines is 1. The molecule has 0 radical (unpaired) electrons. The van der Waals surface area contributed by atoms with Crippen LogP contribution in [0, 0.1) is 0 Å². The summed E-state index contributed by atoms with van der Waals surface area (Å²) in [5, 5.41) is 6.91. The van der Waals surface area contributed by atoms with Crippen molar-refractivity contribution in [1.82, 2.24) is 19.8 Å². The SMILES string of the molecule is COC(=O)c1ccc(-n2cccc2C2C(c3ccccn3)NC(=S)N2CCC(=O)Nc2ccccc2OC)cc1. The average molecular weight is 556 g/mol. The third-order valence-corrected chi connectivity index (χ3v) is 7.16. The molecule has 3 heterocycles. The number of rotatable bonds is 9. The summed E-state index contributed by atoms with van der Waals surface area (Å²) in [5.41, 5.74) is 3.75. The first-order valence-corrected chi connectivity index (χ1v) is 13.2. The molecule has 40 heavy (non-hydrogen) atoms. The number of thiocarbonyl (C=S) groups is 1. The number of nitrogens with one attached hydrogen (secondary N) is 2. The lowest BCUT2D eigenvalue weighted by atomic mass is 10.0. The number of carbonyl (C=O) groups is 2. The molecule has 0 saturated carbocycles. The van der Waals surface area contributed by atoms with Gasteiger partial charge >= 0.3 is 5.97 Å². The van der Waals surface area contributed by atoms with Gasteiger partial charge in [-0.1, -0.05) is 18.2 Å². The first-order chi connectivity index (χ1) is 19.5. The second kappa shape index (κ2) is 12.0. The average Bonchev–Trinajstić information content (AvgIpc) is 3.60. The molecule has 2 atom stereocenters. The number of methoxy groups -OCH3 is 2. The van der Waals surface area contributed by atoms with Gasteiger partial charge in [-0.15, -0.1) is 0 Å². The van der Waals surface area contributed by atoms with E-state index < -0.39 is 5.97 Å². The Morgan fingerprint density at radius 2 is 1.77 bits per heavy atom. The van der Waals surface area contributed by atoms with Crippen LogP contribution < -0.4 is 15.4 Å². The molecule has 0 aliphatic carbocycles. The molecule has 1 amide bonds. The fourth-order valence-corrected chi connectivity index (χ4v) is 5.23. The molecule has 1 saturated heterocycles. The van der Waals surface area contributed by atoms with Crippen molar-refractivity contribution in [3.05, 3.63) is 108 Å². The fraction of sp³-hybridized carbons (Fsp3) is 0.200. The highest BCUT2D eigenvalue weighted by atomic mass is 32.1. The molecule has 4 aromatic rings. The number of hydrogen-bond donors (Lipinski definition) is 2. The maximum atomic E-state index is 13.0. The predicted octanol–water partition coefficient (Wildman–Crippen LogP) is 4.67.